The molecule has 1 fully saturated rings. The summed E-state index contributed by atoms with van der Waals surface area (Å²) >= 11 is 1.77. The molecule has 0 aromatic heterocycles. The summed E-state index contributed by atoms with van der Waals surface area (Å²) in [6.45, 7) is 2.25. The number of nitrogens with zero attached hydrogens (tertiary/aromatic N) is 2. The van der Waals surface area contributed by atoms with E-state index in [9.17, 15) is 19.2 Å². The van der Waals surface area contributed by atoms with Crippen molar-refractivity contribution in [1.82, 2.24) is 15.1 Å². The minimum Gasteiger partial charge on any atom is -0.359 e. The van der Waals surface area contributed by atoms with Crippen LogP contribution in [0.15, 0.2) is 23.1 Å². The first-order valence-electron chi connectivity index (χ1n) is 12.5. The van der Waals surface area contributed by atoms with Crippen molar-refractivity contribution >= 4 is 35.8 Å². The third-order valence-electron chi connectivity index (χ3n) is 6.71. The van der Waals surface area contributed by atoms with Crippen LogP contribution in [0.1, 0.15) is 80.1 Å². The van der Waals surface area contributed by atoms with Crippen molar-refractivity contribution in [2.45, 2.75) is 81.7 Å². The fraction of sp³-hybridized carbons (Fsp3) is 0.615. The maximum Gasteiger partial charge on any atom is 0.255 e. The molecule has 0 saturated carbocycles. The summed E-state index contributed by atoms with van der Waals surface area (Å²) in [5.74, 6) is 1.05. The highest BCUT2D eigenvalue weighted by Crippen LogP contribution is 2.34. The van der Waals surface area contributed by atoms with Crippen molar-refractivity contribution in [1.29, 1.82) is 0 Å². The lowest BCUT2D eigenvalue weighted by Gasteiger charge is -2.26. The van der Waals surface area contributed by atoms with Crippen molar-refractivity contribution in [3.8, 4) is 0 Å². The molecule has 1 atom stereocenters. The Morgan fingerprint density at radius 3 is 2.71 bits per heavy atom. The smallest absolute Gasteiger partial charge is 0.255 e. The molecule has 1 unspecified atom stereocenters. The number of hydrogen-bond donors (Lipinski definition) is 1. The molecule has 1 saturated heterocycles. The summed E-state index contributed by atoms with van der Waals surface area (Å²) < 4.78 is 0. The molecular weight excluding hydrogens is 450 g/mol. The molecule has 2 heterocycles. The van der Waals surface area contributed by atoms with Gasteiger partial charge in [-0.05, 0) is 55.6 Å². The molecular formula is C26H37N3O4S. The van der Waals surface area contributed by atoms with Gasteiger partial charge in [0.2, 0.25) is 11.8 Å². The Morgan fingerprint density at radius 2 is 1.94 bits per heavy atom. The van der Waals surface area contributed by atoms with E-state index in [1.165, 1.54) is 6.42 Å². The number of likely N-dealkylation sites (tertiary alicyclic amines) is 1. The lowest BCUT2D eigenvalue weighted by atomic mass is 10.1. The standard InChI is InChI=1S/C26H37N3O4S/c1-27-24(31)14-13-20(19-30)29-18-22-21(26(29)33)10-9-11-23(22)34-17-8-4-2-3-6-15-28-16-7-5-12-25(28)32/h9-11,19-20H,2-8,12-18H2,1H3,(H,27,31). The Labute approximate surface area is 207 Å². The third kappa shape index (κ3) is 7.08. The number of aldehydes is 1. The van der Waals surface area contributed by atoms with Crippen molar-refractivity contribution in [3.63, 3.8) is 0 Å². The minimum atomic E-state index is -0.588. The number of carbonyl (C=O) groups is 4. The van der Waals surface area contributed by atoms with Gasteiger partial charge < -0.3 is 19.9 Å². The first-order chi connectivity index (χ1) is 16.5. The highest BCUT2D eigenvalue weighted by Gasteiger charge is 2.34. The molecule has 2 aliphatic rings. The lowest BCUT2D eigenvalue weighted by molar-refractivity contribution is -0.133. The Balaban J connectivity index is 1.39. The molecule has 3 rings (SSSR count). The van der Waals surface area contributed by atoms with Crippen LogP contribution in [0.2, 0.25) is 0 Å². The molecule has 1 aromatic carbocycles. The largest absolute Gasteiger partial charge is 0.359 e. The van der Waals surface area contributed by atoms with Gasteiger partial charge in [-0.1, -0.05) is 25.3 Å². The fourth-order valence-corrected chi connectivity index (χ4v) is 5.74. The molecule has 1 aromatic rings. The molecule has 8 heteroatoms. The summed E-state index contributed by atoms with van der Waals surface area (Å²) in [5, 5.41) is 2.56. The second kappa shape index (κ2) is 13.5. The predicted octanol–water partition coefficient (Wildman–Crippen LogP) is 3.79. The zero-order valence-corrected chi connectivity index (χ0v) is 21.0. The normalized spacial score (nSPS) is 16.5. The van der Waals surface area contributed by atoms with Crippen LogP contribution in [0, 0.1) is 0 Å². The van der Waals surface area contributed by atoms with E-state index in [-0.39, 0.29) is 18.2 Å². The van der Waals surface area contributed by atoms with Crippen LogP contribution in [-0.2, 0) is 20.9 Å². The Morgan fingerprint density at radius 1 is 1.15 bits per heavy atom. The Bertz CT molecular complexity index is 876. The second-order valence-electron chi connectivity index (χ2n) is 9.08. The van der Waals surface area contributed by atoms with Crippen LogP contribution in [0.3, 0.4) is 0 Å². The number of fused-ring (bicyclic) bond motifs is 1. The zero-order valence-electron chi connectivity index (χ0n) is 20.2. The number of benzene rings is 1. The number of nitrogens with one attached hydrogen (secondary N) is 1. The lowest BCUT2D eigenvalue weighted by Crippen LogP contribution is -2.37. The van der Waals surface area contributed by atoms with E-state index in [4.69, 9.17) is 0 Å². The highest BCUT2D eigenvalue weighted by atomic mass is 32.2. The summed E-state index contributed by atoms with van der Waals surface area (Å²) in [6.07, 6.45) is 9.91. The van der Waals surface area contributed by atoms with Crippen LogP contribution < -0.4 is 5.32 Å². The third-order valence-corrected chi connectivity index (χ3v) is 7.89. The number of piperidine rings is 1. The first kappa shape index (κ1) is 26.3. The van der Waals surface area contributed by atoms with Gasteiger partial charge in [0, 0.05) is 50.0 Å². The summed E-state index contributed by atoms with van der Waals surface area (Å²) in [7, 11) is 1.57. The number of thioether (sulfide) groups is 1. The number of hydrogen-bond acceptors (Lipinski definition) is 5. The van der Waals surface area contributed by atoms with E-state index in [0.717, 1.165) is 80.5 Å². The molecule has 7 nitrogen and oxygen atoms in total. The number of carbonyl (C=O) groups excluding carboxylic acids is 4. The van der Waals surface area contributed by atoms with Crippen molar-refractivity contribution in [2.75, 3.05) is 25.9 Å². The van der Waals surface area contributed by atoms with E-state index >= 15 is 0 Å². The molecule has 0 bridgehead atoms. The van der Waals surface area contributed by atoms with E-state index in [0.29, 0.717) is 24.4 Å². The van der Waals surface area contributed by atoms with Gasteiger partial charge in [-0.15, -0.1) is 11.8 Å². The summed E-state index contributed by atoms with van der Waals surface area (Å²) in [4.78, 5) is 52.7. The molecule has 1 N–H and O–H groups in total. The van der Waals surface area contributed by atoms with E-state index in [2.05, 4.69) is 11.4 Å². The zero-order chi connectivity index (χ0) is 24.3. The molecule has 34 heavy (non-hydrogen) atoms. The maximum atomic E-state index is 12.9. The quantitative estimate of drug-likeness (QED) is 0.245. The molecule has 2 aliphatic heterocycles. The van der Waals surface area contributed by atoms with Gasteiger partial charge in [0.25, 0.3) is 5.91 Å². The number of amides is 3. The minimum absolute atomic E-state index is 0.126. The van der Waals surface area contributed by atoms with Gasteiger partial charge in [-0.25, -0.2) is 0 Å². The Hall–Kier alpha value is -2.35. The van der Waals surface area contributed by atoms with Gasteiger partial charge in [-0.2, -0.15) is 0 Å². The summed E-state index contributed by atoms with van der Waals surface area (Å²) in [6, 6.07) is 5.20. The molecule has 0 aliphatic carbocycles. The van der Waals surface area contributed by atoms with E-state index in [1.807, 2.05) is 17.0 Å². The van der Waals surface area contributed by atoms with Crippen molar-refractivity contribution in [3.05, 3.63) is 29.3 Å². The summed E-state index contributed by atoms with van der Waals surface area (Å²) in [5.41, 5.74) is 1.67. The van der Waals surface area contributed by atoms with Crippen molar-refractivity contribution in [2.24, 2.45) is 0 Å². The van der Waals surface area contributed by atoms with Crippen LogP contribution in [-0.4, -0.2) is 65.7 Å². The molecule has 186 valence electrons. The van der Waals surface area contributed by atoms with Gasteiger partial charge >= 0.3 is 0 Å². The molecule has 0 spiro atoms. The molecule has 0 radical (unpaired) electrons. The van der Waals surface area contributed by atoms with Crippen LogP contribution >= 0.6 is 11.8 Å². The number of unbranched alkanes of at least 4 members (excludes halogenated alkanes) is 4. The van der Waals surface area contributed by atoms with Gasteiger partial charge in [-0.3, -0.25) is 14.4 Å². The maximum absolute atomic E-state index is 12.9. The van der Waals surface area contributed by atoms with Crippen LogP contribution in [0.25, 0.3) is 0 Å². The first-order valence-corrected chi connectivity index (χ1v) is 13.5. The van der Waals surface area contributed by atoms with Gasteiger partial charge in [0.1, 0.15) is 6.29 Å². The van der Waals surface area contributed by atoms with Crippen LogP contribution in [0.4, 0.5) is 0 Å². The van der Waals surface area contributed by atoms with Crippen LogP contribution in [0.5, 0.6) is 0 Å². The monoisotopic (exact) mass is 487 g/mol. The SMILES string of the molecule is CNC(=O)CCC(C=O)N1Cc2c(SCCCCCCCN3CCCCC3=O)cccc2C1=O. The fourth-order valence-electron chi connectivity index (χ4n) is 4.65. The average molecular weight is 488 g/mol. The average Bonchev–Trinajstić information content (AvgIpc) is 3.19. The second-order valence-corrected chi connectivity index (χ2v) is 10.2. The van der Waals surface area contributed by atoms with Crippen molar-refractivity contribution < 1.29 is 19.2 Å². The predicted molar refractivity (Wildman–Crippen MR) is 134 cm³/mol. The Kier molecular flexibility index (Phi) is 10.4. The number of rotatable bonds is 14. The van der Waals surface area contributed by atoms with E-state index in [1.54, 1.807) is 23.7 Å². The van der Waals surface area contributed by atoms with E-state index < -0.39 is 6.04 Å². The van der Waals surface area contributed by atoms with Gasteiger partial charge in [0.05, 0.1) is 6.04 Å². The molecule has 3 amide bonds. The topological polar surface area (TPSA) is 86.8 Å². The van der Waals surface area contributed by atoms with Gasteiger partial charge in [0.15, 0.2) is 0 Å². The highest BCUT2D eigenvalue weighted by molar-refractivity contribution is 7.99.